The van der Waals surface area contributed by atoms with Crippen molar-refractivity contribution < 1.29 is 13.2 Å². The van der Waals surface area contributed by atoms with Gasteiger partial charge in [0.1, 0.15) is 11.6 Å². The lowest BCUT2D eigenvalue weighted by molar-refractivity contribution is 0.414. The third-order valence-corrected chi connectivity index (χ3v) is 4.88. The van der Waals surface area contributed by atoms with Gasteiger partial charge in [-0.2, -0.15) is 0 Å². The minimum absolute atomic E-state index is 0.0149. The Hall–Kier alpha value is -1.89. The molecular weight excluding hydrogens is 290 g/mol. The summed E-state index contributed by atoms with van der Waals surface area (Å²) in [5, 5.41) is 7.75. The smallest absolute Gasteiger partial charge is 0.254 e. The van der Waals surface area contributed by atoms with E-state index in [4.69, 9.17) is 4.74 Å². The molecular formula is C14H19N3O3S. The van der Waals surface area contributed by atoms with Crippen LogP contribution in [-0.2, 0) is 9.84 Å². The van der Waals surface area contributed by atoms with Gasteiger partial charge in [0.15, 0.2) is 0 Å². The molecule has 114 valence electrons. The number of hydrogen-bond donors (Lipinski definition) is 0. The first-order chi connectivity index (χ1) is 9.85. The van der Waals surface area contributed by atoms with Crippen molar-refractivity contribution in [3.05, 3.63) is 30.1 Å². The molecule has 0 fully saturated rings. The maximum atomic E-state index is 12.4. The average Bonchev–Trinajstić information content (AvgIpc) is 2.80. The van der Waals surface area contributed by atoms with E-state index in [2.05, 4.69) is 10.2 Å². The van der Waals surface area contributed by atoms with Crippen molar-refractivity contribution in [2.24, 2.45) is 5.92 Å². The second-order valence-electron chi connectivity index (χ2n) is 5.24. The molecule has 6 nitrogen and oxygen atoms in total. The minimum atomic E-state index is -3.48. The summed E-state index contributed by atoms with van der Waals surface area (Å²) in [6.45, 7) is 5.45. The lowest BCUT2D eigenvalue weighted by atomic mass is 10.3. The fourth-order valence-electron chi connectivity index (χ4n) is 2.09. The fraction of sp³-hybridized carbons (Fsp3) is 0.429. The fourth-order valence-corrected chi connectivity index (χ4v) is 3.79. The topological polar surface area (TPSA) is 74.1 Å². The molecule has 7 heteroatoms. The molecule has 21 heavy (non-hydrogen) atoms. The normalized spacial score (nSPS) is 11.9. The third kappa shape index (κ3) is 3.24. The van der Waals surface area contributed by atoms with Crippen LogP contribution in [0, 0.1) is 12.8 Å². The molecule has 0 spiro atoms. The average molecular weight is 309 g/mol. The van der Waals surface area contributed by atoms with Gasteiger partial charge in [0.05, 0.1) is 12.9 Å². The molecule has 2 aromatic rings. The molecule has 0 saturated heterocycles. The number of hydrogen-bond acceptors (Lipinski definition) is 5. The summed E-state index contributed by atoms with van der Waals surface area (Å²) < 4.78 is 31.5. The first-order valence-electron chi connectivity index (χ1n) is 6.64. The molecule has 1 aromatic heterocycles. The van der Waals surface area contributed by atoms with Gasteiger partial charge in [0.25, 0.3) is 5.16 Å². The van der Waals surface area contributed by atoms with E-state index in [0.29, 0.717) is 17.3 Å². The SMILES string of the molecule is COc1ccc(-n2c(C)nnc2S(=O)(=O)CC(C)C)cc1. The molecule has 0 radical (unpaired) electrons. The first kappa shape index (κ1) is 15.5. The number of methoxy groups -OCH3 is 1. The summed E-state index contributed by atoms with van der Waals surface area (Å²) in [6, 6.07) is 7.11. The van der Waals surface area contributed by atoms with Gasteiger partial charge in [-0.3, -0.25) is 4.57 Å². The number of sulfone groups is 1. The largest absolute Gasteiger partial charge is 0.497 e. The Labute approximate surface area is 124 Å². The standard InChI is InChI=1S/C14H19N3O3S/c1-10(2)9-21(18,19)14-16-15-11(3)17(14)12-5-7-13(20-4)8-6-12/h5-8,10H,9H2,1-4H3. The number of nitrogens with zero attached hydrogens (tertiary/aromatic N) is 3. The summed E-state index contributed by atoms with van der Waals surface area (Å²) in [5.41, 5.74) is 0.695. The summed E-state index contributed by atoms with van der Waals surface area (Å²) in [6.07, 6.45) is 0. The Kier molecular flexibility index (Phi) is 4.32. The lowest BCUT2D eigenvalue weighted by Gasteiger charge is -2.11. The van der Waals surface area contributed by atoms with E-state index < -0.39 is 9.84 Å². The van der Waals surface area contributed by atoms with Crippen molar-refractivity contribution in [1.82, 2.24) is 14.8 Å². The van der Waals surface area contributed by atoms with E-state index in [1.54, 1.807) is 42.9 Å². The highest BCUT2D eigenvalue weighted by atomic mass is 32.2. The van der Waals surface area contributed by atoms with Gasteiger partial charge in [-0.1, -0.05) is 13.8 Å². The molecule has 0 atom stereocenters. The number of ether oxygens (including phenoxy) is 1. The molecule has 0 unspecified atom stereocenters. The van der Waals surface area contributed by atoms with Gasteiger partial charge in [0.2, 0.25) is 9.84 Å². The zero-order valence-corrected chi connectivity index (χ0v) is 13.4. The van der Waals surface area contributed by atoms with Crippen LogP contribution in [0.1, 0.15) is 19.7 Å². The zero-order chi connectivity index (χ0) is 15.6. The van der Waals surface area contributed by atoms with Crippen molar-refractivity contribution >= 4 is 9.84 Å². The zero-order valence-electron chi connectivity index (χ0n) is 12.6. The van der Waals surface area contributed by atoms with E-state index in [-0.39, 0.29) is 16.8 Å². The Morgan fingerprint density at radius 3 is 2.33 bits per heavy atom. The van der Waals surface area contributed by atoms with Crippen LogP contribution in [0.25, 0.3) is 5.69 Å². The van der Waals surface area contributed by atoms with Crippen molar-refractivity contribution in [1.29, 1.82) is 0 Å². The van der Waals surface area contributed by atoms with Crippen molar-refractivity contribution in [3.8, 4) is 11.4 Å². The highest BCUT2D eigenvalue weighted by Crippen LogP contribution is 2.21. The Balaban J connectivity index is 2.52. The lowest BCUT2D eigenvalue weighted by Crippen LogP contribution is -2.17. The monoisotopic (exact) mass is 309 g/mol. The van der Waals surface area contributed by atoms with Crippen molar-refractivity contribution in [2.45, 2.75) is 25.9 Å². The van der Waals surface area contributed by atoms with Gasteiger partial charge in [0, 0.05) is 5.69 Å². The van der Waals surface area contributed by atoms with Crippen LogP contribution < -0.4 is 4.74 Å². The van der Waals surface area contributed by atoms with Crippen LogP contribution in [0.15, 0.2) is 29.4 Å². The van der Waals surface area contributed by atoms with Crippen LogP contribution in [-0.4, -0.2) is 36.0 Å². The number of rotatable bonds is 5. The van der Waals surface area contributed by atoms with Gasteiger partial charge < -0.3 is 4.74 Å². The summed E-state index contributed by atoms with van der Waals surface area (Å²) >= 11 is 0. The van der Waals surface area contributed by atoms with Gasteiger partial charge >= 0.3 is 0 Å². The Bertz CT molecular complexity index is 718. The van der Waals surface area contributed by atoms with E-state index in [1.165, 1.54) is 0 Å². The molecule has 0 aliphatic rings. The Morgan fingerprint density at radius 2 is 1.81 bits per heavy atom. The van der Waals surface area contributed by atoms with Gasteiger partial charge in [-0.15, -0.1) is 10.2 Å². The number of aryl methyl sites for hydroxylation is 1. The summed E-state index contributed by atoms with van der Waals surface area (Å²) in [4.78, 5) is 0. The third-order valence-electron chi connectivity index (χ3n) is 2.96. The molecule has 1 aromatic carbocycles. The maximum Gasteiger partial charge on any atom is 0.254 e. The van der Waals surface area contributed by atoms with E-state index >= 15 is 0 Å². The maximum absolute atomic E-state index is 12.4. The quantitative estimate of drug-likeness (QED) is 0.844. The highest BCUT2D eigenvalue weighted by Gasteiger charge is 2.25. The van der Waals surface area contributed by atoms with Gasteiger partial charge in [-0.05, 0) is 37.1 Å². The number of benzene rings is 1. The van der Waals surface area contributed by atoms with Crippen LogP contribution in [0.3, 0.4) is 0 Å². The first-order valence-corrected chi connectivity index (χ1v) is 8.29. The molecule has 0 amide bonds. The highest BCUT2D eigenvalue weighted by molar-refractivity contribution is 7.91. The molecule has 0 saturated carbocycles. The molecule has 0 bridgehead atoms. The van der Waals surface area contributed by atoms with Crippen LogP contribution >= 0.6 is 0 Å². The second-order valence-corrected chi connectivity index (χ2v) is 7.17. The predicted molar refractivity (Wildman–Crippen MR) is 79.5 cm³/mol. The van der Waals surface area contributed by atoms with Gasteiger partial charge in [-0.25, -0.2) is 8.42 Å². The molecule has 2 rings (SSSR count). The van der Waals surface area contributed by atoms with Crippen LogP contribution in [0.5, 0.6) is 5.75 Å². The molecule has 1 heterocycles. The predicted octanol–water partition coefficient (Wildman–Crippen LogP) is 2.01. The number of aromatic nitrogens is 3. The van der Waals surface area contributed by atoms with Crippen LogP contribution in [0.2, 0.25) is 0 Å². The van der Waals surface area contributed by atoms with E-state index in [1.807, 2.05) is 13.8 Å². The summed E-state index contributed by atoms with van der Waals surface area (Å²) in [7, 11) is -1.89. The van der Waals surface area contributed by atoms with Crippen LogP contribution in [0.4, 0.5) is 0 Å². The molecule has 0 aliphatic heterocycles. The Morgan fingerprint density at radius 1 is 1.19 bits per heavy atom. The van der Waals surface area contributed by atoms with E-state index in [9.17, 15) is 8.42 Å². The van der Waals surface area contributed by atoms with Crippen molar-refractivity contribution in [2.75, 3.05) is 12.9 Å². The van der Waals surface area contributed by atoms with Crippen molar-refractivity contribution in [3.63, 3.8) is 0 Å². The second kappa shape index (κ2) is 5.85. The molecule has 0 N–H and O–H groups in total. The minimum Gasteiger partial charge on any atom is -0.497 e. The molecule has 0 aliphatic carbocycles. The van der Waals surface area contributed by atoms with E-state index in [0.717, 1.165) is 0 Å². The summed E-state index contributed by atoms with van der Waals surface area (Å²) in [5.74, 6) is 1.30.